The van der Waals surface area contributed by atoms with Crippen molar-refractivity contribution in [2.24, 2.45) is 0 Å². The molecule has 0 spiro atoms. The van der Waals surface area contributed by atoms with Gasteiger partial charge in [-0.3, -0.25) is 0 Å². The van der Waals surface area contributed by atoms with Crippen LogP contribution in [0.25, 0.3) is 0 Å². The molecule has 0 aliphatic heterocycles. The standard InChI is InChI=1S/C8H11ClN2OS/c1-2-7-10-6(9)5-8(11-7)13-4-3-12/h5,12H,2-4H2,1H3. The number of aromatic nitrogens is 2. The maximum Gasteiger partial charge on any atom is 0.133 e. The van der Waals surface area contributed by atoms with Gasteiger partial charge in [-0.05, 0) is 0 Å². The molecule has 0 radical (unpaired) electrons. The molecule has 0 aliphatic carbocycles. The first-order valence-corrected chi connectivity index (χ1v) is 5.39. The van der Waals surface area contributed by atoms with Crippen LogP contribution in [-0.4, -0.2) is 27.4 Å². The molecule has 0 unspecified atom stereocenters. The minimum Gasteiger partial charge on any atom is -0.396 e. The quantitative estimate of drug-likeness (QED) is 0.618. The lowest BCUT2D eigenvalue weighted by Gasteiger charge is -2.01. The lowest BCUT2D eigenvalue weighted by Crippen LogP contribution is -1.95. The van der Waals surface area contributed by atoms with Crippen molar-refractivity contribution in [1.29, 1.82) is 0 Å². The molecular formula is C8H11ClN2OS. The molecule has 0 bridgehead atoms. The number of aliphatic hydroxyl groups excluding tert-OH is 1. The summed E-state index contributed by atoms with van der Waals surface area (Å²) in [7, 11) is 0. The van der Waals surface area contributed by atoms with Gasteiger partial charge in [0.05, 0.1) is 6.61 Å². The van der Waals surface area contributed by atoms with Gasteiger partial charge >= 0.3 is 0 Å². The maximum atomic E-state index is 8.63. The SMILES string of the molecule is CCc1nc(Cl)cc(SCCO)n1. The summed E-state index contributed by atoms with van der Waals surface area (Å²) in [5.41, 5.74) is 0. The molecule has 0 saturated heterocycles. The van der Waals surface area contributed by atoms with E-state index in [4.69, 9.17) is 16.7 Å². The van der Waals surface area contributed by atoms with Crippen molar-refractivity contribution < 1.29 is 5.11 Å². The Morgan fingerprint density at radius 1 is 1.54 bits per heavy atom. The molecule has 0 aromatic carbocycles. The number of halogens is 1. The van der Waals surface area contributed by atoms with E-state index in [0.717, 1.165) is 17.3 Å². The fourth-order valence-electron chi connectivity index (χ4n) is 0.824. The average Bonchev–Trinajstić information content (AvgIpc) is 2.14. The van der Waals surface area contributed by atoms with Crippen LogP contribution in [0, 0.1) is 0 Å². The number of thioether (sulfide) groups is 1. The smallest absolute Gasteiger partial charge is 0.133 e. The first kappa shape index (κ1) is 10.8. The maximum absolute atomic E-state index is 8.63. The van der Waals surface area contributed by atoms with Crippen molar-refractivity contribution in [3.05, 3.63) is 17.0 Å². The van der Waals surface area contributed by atoms with Gasteiger partial charge in [-0.15, -0.1) is 11.8 Å². The topological polar surface area (TPSA) is 46.0 Å². The van der Waals surface area contributed by atoms with Gasteiger partial charge in [-0.2, -0.15) is 0 Å². The molecule has 1 rings (SSSR count). The predicted molar refractivity (Wildman–Crippen MR) is 54.2 cm³/mol. The van der Waals surface area contributed by atoms with E-state index in [2.05, 4.69) is 9.97 Å². The summed E-state index contributed by atoms with van der Waals surface area (Å²) >= 11 is 7.26. The van der Waals surface area contributed by atoms with E-state index in [9.17, 15) is 0 Å². The van der Waals surface area contributed by atoms with Crippen LogP contribution in [-0.2, 0) is 6.42 Å². The molecule has 0 amide bonds. The van der Waals surface area contributed by atoms with Crippen LogP contribution in [0.3, 0.4) is 0 Å². The van der Waals surface area contributed by atoms with Crippen LogP contribution in [0.5, 0.6) is 0 Å². The minimum absolute atomic E-state index is 0.147. The van der Waals surface area contributed by atoms with E-state index >= 15 is 0 Å². The van der Waals surface area contributed by atoms with Crippen molar-refractivity contribution in [3.8, 4) is 0 Å². The first-order valence-electron chi connectivity index (χ1n) is 4.03. The van der Waals surface area contributed by atoms with Crippen LogP contribution in [0.15, 0.2) is 11.1 Å². The van der Waals surface area contributed by atoms with Gasteiger partial charge in [0.1, 0.15) is 16.0 Å². The third-order valence-electron chi connectivity index (χ3n) is 1.38. The highest BCUT2D eigenvalue weighted by molar-refractivity contribution is 7.99. The van der Waals surface area contributed by atoms with Gasteiger partial charge in [-0.1, -0.05) is 18.5 Å². The highest BCUT2D eigenvalue weighted by Gasteiger charge is 2.01. The number of hydrogen-bond donors (Lipinski definition) is 1. The van der Waals surface area contributed by atoms with Crippen molar-refractivity contribution in [2.45, 2.75) is 18.4 Å². The lowest BCUT2D eigenvalue weighted by molar-refractivity contribution is 0.322. The van der Waals surface area contributed by atoms with E-state index in [-0.39, 0.29) is 6.61 Å². The van der Waals surface area contributed by atoms with E-state index in [0.29, 0.717) is 10.9 Å². The second kappa shape index (κ2) is 5.42. The Balaban J connectivity index is 2.76. The molecule has 1 heterocycles. The van der Waals surface area contributed by atoms with Crippen LogP contribution in [0.4, 0.5) is 0 Å². The highest BCUT2D eigenvalue weighted by atomic mass is 35.5. The predicted octanol–water partition coefficient (Wildman–Crippen LogP) is 1.78. The van der Waals surface area contributed by atoms with Gasteiger partial charge in [0.2, 0.25) is 0 Å². The molecule has 1 N–H and O–H groups in total. The van der Waals surface area contributed by atoms with Gasteiger partial charge in [0.15, 0.2) is 0 Å². The Hall–Kier alpha value is -0.320. The Kier molecular flexibility index (Phi) is 4.48. The summed E-state index contributed by atoms with van der Waals surface area (Å²) in [6, 6.07) is 1.71. The highest BCUT2D eigenvalue weighted by Crippen LogP contribution is 2.18. The molecule has 0 saturated carbocycles. The molecule has 13 heavy (non-hydrogen) atoms. The first-order chi connectivity index (χ1) is 6.26. The zero-order valence-electron chi connectivity index (χ0n) is 7.33. The molecule has 72 valence electrons. The Morgan fingerprint density at radius 3 is 2.92 bits per heavy atom. The zero-order valence-corrected chi connectivity index (χ0v) is 8.90. The lowest BCUT2D eigenvalue weighted by atomic mass is 10.4. The van der Waals surface area contributed by atoms with Crippen molar-refractivity contribution in [1.82, 2.24) is 9.97 Å². The average molecular weight is 219 g/mol. The summed E-state index contributed by atoms with van der Waals surface area (Å²) in [6.45, 7) is 2.12. The molecule has 0 atom stereocenters. The normalized spacial score (nSPS) is 10.4. The number of aliphatic hydroxyl groups is 1. The van der Waals surface area contributed by atoms with Crippen molar-refractivity contribution in [2.75, 3.05) is 12.4 Å². The largest absolute Gasteiger partial charge is 0.396 e. The van der Waals surface area contributed by atoms with E-state index in [1.54, 1.807) is 6.07 Å². The molecule has 0 fully saturated rings. The second-order valence-corrected chi connectivity index (χ2v) is 3.87. The van der Waals surface area contributed by atoms with Crippen LogP contribution < -0.4 is 0 Å². The molecule has 1 aromatic heterocycles. The van der Waals surface area contributed by atoms with Crippen molar-refractivity contribution in [3.63, 3.8) is 0 Å². The third-order valence-corrected chi connectivity index (χ3v) is 2.46. The summed E-state index contributed by atoms with van der Waals surface area (Å²) in [6.07, 6.45) is 0.771. The fourth-order valence-corrected chi connectivity index (χ4v) is 1.76. The molecular weight excluding hydrogens is 208 g/mol. The Morgan fingerprint density at radius 2 is 2.31 bits per heavy atom. The van der Waals surface area contributed by atoms with Crippen LogP contribution >= 0.6 is 23.4 Å². The molecule has 0 aliphatic rings. The van der Waals surface area contributed by atoms with E-state index < -0.39 is 0 Å². The van der Waals surface area contributed by atoms with Crippen LogP contribution in [0.1, 0.15) is 12.7 Å². The number of hydrogen-bond acceptors (Lipinski definition) is 4. The summed E-state index contributed by atoms with van der Waals surface area (Å²) < 4.78 is 0. The van der Waals surface area contributed by atoms with E-state index in [1.165, 1.54) is 11.8 Å². The van der Waals surface area contributed by atoms with Gasteiger partial charge in [-0.25, -0.2) is 9.97 Å². The molecule has 5 heteroatoms. The Labute approximate surface area is 86.6 Å². The second-order valence-electron chi connectivity index (χ2n) is 2.37. The van der Waals surface area contributed by atoms with Gasteiger partial charge in [0, 0.05) is 18.2 Å². The van der Waals surface area contributed by atoms with Gasteiger partial charge < -0.3 is 5.11 Å². The van der Waals surface area contributed by atoms with Crippen molar-refractivity contribution >= 4 is 23.4 Å². The monoisotopic (exact) mass is 218 g/mol. The fraction of sp³-hybridized carbons (Fsp3) is 0.500. The summed E-state index contributed by atoms with van der Waals surface area (Å²) in [4.78, 5) is 8.28. The zero-order chi connectivity index (χ0) is 9.68. The van der Waals surface area contributed by atoms with Crippen LogP contribution in [0.2, 0.25) is 5.15 Å². The number of nitrogens with zero attached hydrogens (tertiary/aromatic N) is 2. The number of aryl methyl sites for hydroxylation is 1. The summed E-state index contributed by atoms with van der Waals surface area (Å²) in [5.74, 6) is 1.38. The Bertz CT molecular complexity index is 283. The molecule has 3 nitrogen and oxygen atoms in total. The number of rotatable bonds is 4. The summed E-state index contributed by atoms with van der Waals surface area (Å²) in [5, 5.41) is 9.92. The third kappa shape index (κ3) is 3.50. The van der Waals surface area contributed by atoms with Gasteiger partial charge in [0.25, 0.3) is 0 Å². The minimum atomic E-state index is 0.147. The molecule has 1 aromatic rings. The van der Waals surface area contributed by atoms with E-state index in [1.807, 2.05) is 6.92 Å².